The fourth-order valence-corrected chi connectivity index (χ4v) is 2.77. The van der Waals surface area contributed by atoms with Crippen LogP contribution in [0.15, 0.2) is 24.3 Å². The molecule has 0 bridgehead atoms. The van der Waals surface area contributed by atoms with E-state index >= 15 is 0 Å². The lowest BCUT2D eigenvalue weighted by molar-refractivity contribution is -0.141. The van der Waals surface area contributed by atoms with Gasteiger partial charge in [0.05, 0.1) is 18.9 Å². The quantitative estimate of drug-likeness (QED) is 0.902. The molecule has 0 aliphatic carbocycles. The van der Waals surface area contributed by atoms with Crippen LogP contribution in [0.5, 0.6) is 5.75 Å². The van der Waals surface area contributed by atoms with Crippen LogP contribution in [-0.4, -0.2) is 42.1 Å². The molecular formula is C16H21NO4. The Bertz CT molecular complexity index is 512. The predicted molar refractivity (Wildman–Crippen MR) is 78.3 cm³/mol. The van der Waals surface area contributed by atoms with Crippen LogP contribution in [0, 0.1) is 5.92 Å². The monoisotopic (exact) mass is 291 g/mol. The largest absolute Gasteiger partial charge is 0.497 e. The van der Waals surface area contributed by atoms with Crippen molar-refractivity contribution in [3.05, 3.63) is 29.8 Å². The SMILES string of the molecule is CCC(C(=O)N1CCC(C(=O)O)C1)c1ccc(OC)cc1. The summed E-state index contributed by atoms with van der Waals surface area (Å²) < 4.78 is 5.12. The van der Waals surface area contributed by atoms with Gasteiger partial charge < -0.3 is 14.7 Å². The number of ether oxygens (including phenoxy) is 1. The van der Waals surface area contributed by atoms with E-state index in [1.165, 1.54) is 0 Å². The maximum atomic E-state index is 12.6. The molecule has 0 radical (unpaired) electrons. The van der Waals surface area contributed by atoms with Gasteiger partial charge in [-0.25, -0.2) is 0 Å². The number of aliphatic carboxylic acids is 1. The number of rotatable bonds is 5. The zero-order valence-electron chi connectivity index (χ0n) is 12.4. The number of hydrogen-bond acceptors (Lipinski definition) is 3. The van der Waals surface area contributed by atoms with Gasteiger partial charge >= 0.3 is 5.97 Å². The number of hydrogen-bond donors (Lipinski definition) is 1. The summed E-state index contributed by atoms with van der Waals surface area (Å²) in [4.78, 5) is 25.3. The molecule has 2 rings (SSSR count). The third-order valence-corrected chi connectivity index (χ3v) is 4.07. The molecule has 1 amide bonds. The van der Waals surface area contributed by atoms with Gasteiger partial charge in [-0.3, -0.25) is 9.59 Å². The number of likely N-dealkylation sites (tertiary alicyclic amines) is 1. The summed E-state index contributed by atoms with van der Waals surface area (Å²) in [7, 11) is 1.60. The van der Waals surface area contributed by atoms with Crippen LogP contribution in [0.4, 0.5) is 0 Å². The molecule has 1 fully saturated rings. The maximum Gasteiger partial charge on any atom is 0.308 e. The van der Waals surface area contributed by atoms with Crippen LogP contribution in [-0.2, 0) is 9.59 Å². The Morgan fingerprint density at radius 3 is 2.52 bits per heavy atom. The average Bonchev–Trinajstić information content (AvgIpc) is 2.98. The Balaban J connectivity index is 2.09. The summed E-state index contributed by atoms with van der Waals surface area (Å²) in [6.45, 7) is 2.82. The third-order valence-electron chi connectivity index (χ3n) is 4.07. The molecule has 1 aromatic carbocycles. The lowest BCUT2D eigenvalue weighted by Gasteiger charge is -2.23. The van der Waals surface area contributed by atoms with Crippen molar-refractivity contribution in [2.75, 3.05) is 20.2 Å². The number of carboxylic acid groups (broad SMARTS) is 1. The highest BCUT2D eigenvalue weighted by atomic mass is 16.5. The molecule has 2 unspecified atom stereocenters. The van der Waals surface area contributed by atoms with Gasteiger partial charge in [0.1, 0.15) is 5.75 Å². The van der Waals surface area contributed by atoms with Gasteiger partial charge in [0.15, 0.2) is 0 Å². The van der Waals surface area contributed by atoms with Crippen molar-refractivity contribution in [3.8, 4) is 5.75 Å². The summed E-state index contributed by atoms with van der Waals surface area (Å²) >= 11 is 0. The van der Waals surface area contributed by atoms with Crippen LogP contribution in [0.3, 0.4) is 0 Å². The first-order chi connectivity index (χ1) is 10.1. The minimum atomic E-state index is -0.817. The molecule has 2 atom stereocenters. The van der Waals surface area contributed by atoms with Crippen molar-refractivity contribution in [1.29, 1.82) is 0 Å². The number of benzene rings is 1. The maximum absolute atomic E-state index is 12.6. The van der Waals surface area contributed by atoms with Crippen molar-refractivity contribution >= 4 is 11.9 Å². The molecule has 1 aliphatic rings. The van der Waals surface area contributed by atoms with Crippen LogP contribution < -0.4 is 4.74 Å². The van der Waals surface area contributed by atoms with E-state index in [9.17, 15) is 9.59 Å². The molecule has 1 saturated heterocycles. The molecule has 0 spiro atoms. The summed E-state index contributed by atoms with van der Waals surface area (Å²) in [6, 6.07) is 7.48. The summed E-state index contributed by atoms with van der Waals surface area (Å²) in [5.74, 6) is -0.687. The van der Waals surface area contributed by atoms with Crippen LogP contribution in [0.25, 0.3) is 0 Å². The fraction of sp³-hybridized carbons (Fsp3) is 0.500. The first-order valence-corrected chi connectivity index (χ1v) is 7.22. The lowest BCUT2D eigenvalue weighted by Crippen LogP contribution is -2.34. The van der Waals surface area contributed by atoms with Crippen molar-refractivity contribution in [1.82, 2.24) is 4.90 Å². The second-order valence-electron chi connectivity index (χ2n) is 5.34. The highest BCUT2D eigenvalue weighted by Gasteiger charge is 2.33. The highest BCUT2D eigenvalue weighted by Crippen LogP contribution is 2.27. The predicted octanol–water partition coefficient (Wildman–Crippen LogP) is 2.12. The fourth-order valence-electron chi connectivity index (χ4n) is 2.77. The van der Waals surface area contributed by atoms with Crippen LogP contribution in [0.1, 0.15) is 31.2 Å². The molecule has 1 N–H and O–H groups in total. The second kappa shape index (κ2) is 6.61. The van der Waals surface area contributed by atoms with E-state index in [-0.39, 0.29) is 11.8 Å². The lowest BCUT2D eigenvalue weighted by atomic mass is 9.95. The molecule has 1 aliphatic heterocycles. The van der Waals surface area contributed by atoms with Gasteiger partial charge in [-0.15, -0.1) is 0 Å². The first kappa shape index (κ1) is 15.4. The van der Waals surface area contributed by atoms with Crippen LogP contribution in [0.2, 0.25) is 0 Å². The van der Waals surface area contributed by atoms with Crippen molar-refractivity contribution in [3.63, 3.8) is 0 Å². The molecule has 5 heteroatoms. The Labute approximate surface area is 124 Å². The van der Waals surface area contributed by atoms with E-state index in [2.05, 4.69) is 0 Å². The third kappa shape index (κ3) is 3.35. The highest BCUT2D eigenvalue weighted by molar-refractivity contribution is 5.85. The zero-order valence-corrected chi connectivity index (χ0v) is 12.4. The summed E-state index contributed by atoms with van der Waals surface area (Å²) in [5.41, 5.74) is 0.946. The standard InChI is InChI=1S/C16H21NO4/c1-3-14(11-4-6-13(21-2)7-5-11)15(18)17-9-8-12(10-17)16(19)20/h4-7,12,14H,3,8-10H2,1-2H3,(H,19,20). The number of carboxylic acids is 1. The summed E-state index contributed by atoms with van der Waals surface area (Å²) in [5, 5.41) is 9.03. The van der Waals surface area contributed by atoms with Gasteiger partial charge in [-0.2, -0.15) is 0 Å². The first-order valence-electron chi connectivity index (χ1n) is 7.22. The molecule has 1 aromatic rings. The van der Waals surface area contributed by atoms with E-state index in [1.54, 1.807) is 12.0 Å². The summed E-state index contributed by atoms with van der Waals surface area (Å²) in [6.07, 6.45) is 1.24. The molecule has 0 saturated carbocycles. The Morgan fingerprint density at radius 2 is 2.05 bits per heavy atom. The molecule has 5 nitrogen and oxygen atoms in total. The van der Waals surface area contributed by atoms with E-state index in [1.807, 2.05) is 31.2 Å². The molecule has 21 heavy (non-hydrogen) atoms. The van der Waals surface area contributed by atoms with Crippen LogP contribution >= 0.6 is 0 Å². The Hall–Kier alpha value is -2.04. The molecule has 0 aromatic heterocycles. The van der Waals surface area contributed by atoms with E-state index < -0.39 is 11.9 Å². The van der Waals surface area contributed by atoms with E-state index in [0.717, 1.165) is 11.3 Å². The molecule has 1 heterocycles. The number of methoxy groups -OCH3 is 1. The smallest absolute Gasteiger partial charge is 0.308 e. The minimum absolute atomic E-state index is 0.0198. The number of carbonyl (C=O) groups excluding carboxylic acids is 1. The molecule has 114 valence electrons. The van der Waals surface area contributed by atoms with Gasteiger partial charge in [0.25, 0.3) is 0 Å². The van der Waals surface area contributed by atoms with E-state index in [4.69, 9.17) is 9.84 Å². The second-order valence-corrected chi connectivity index (χ2v) is 5.34. The number of carbonyl (C=O) groups is 2. The number of amides is 1. The van der Waals surface area contributed by atoms with Crippen molar-refractivity contribution < 1.29 is 19.4 Å². The van der Waals surface area contributed by atoms with Crippen molar-refractivity contribution in [2.45, 2.75) is 25.7 Å². The van der Waals surface area contributed by atoms with Gasteiger partial charge in [0, 0.05) is 13.1 Å². The minimum Gasteiger partial charge on any atom is -0.497 e. The average molecular weight is 291 g/mol. The van der Waals surface area contributed by atoms with Gasteiger partial charge in [-0.1, -0.05) is 19.1 Å². The Kier molecular flexibility index (Phi) is 4.83. The zero-order chi connectivity index (χ0) is 15.4. The number of nitrogens with zero attached hydrogens (tertiary/aromatic N) is 1. The normalized spacial score (nSPS) is 19.3. The van der Waals surface area contributed by atoms with E-state index in [0.29, 0.717) is 25.9 Å². The van der Waals surface area contributed by atoms with Crippen molar-refractivity contribution in [2.24, 2.45) is 5.92 Å². The van der Waals surface area contributed by atoms with Gasteiger partial charge in [-0.05, 0) is 30.5 Å². The Morgan fingerprint density at radius 1 is 1.38 bits per heavy atom. The topological polar surface area (TPSA) is 66.8 Å². The molecular weight excluding hydrogens is 270 g/mol. The van der Waals surface area contributed by atoms with Gasteiger partial charge in [0.2, 0.25) is 5.91 Å².